The molecular weight excluding hydrogens is 314 g/mol. The van der Waals surface area contributed by atoms with Crippen LogP contribution in [0.25, 0.3) is 0 Å². The lowest BCUT2D eigenvalue weighted by Gasteiger charge is -2.27. The standard InChI is InChI=1S/C14H20ClNO4S/c1-9(2)8-16(10(3)4)21(19,20)11-5-6-13(15)12(7-11)14(17)18/h5-7,9-10H,8H2,1-4H3,(H,17,18). The van der Waals surface area contributed by atoms with Gasteiger partial charge in [0.2, 0.25) is 10.0 Å². The summed E-state index contributed by atoms with van der Waals surface area (Å²) in [7, 11) is -3.76. The van der Waals surface area contributed by atoms with Gasteiger partial charge in [-0.3, -0.25) is 0 Å². The Morgan fingerprint density at radius 1 is 1.29 bits per heavy atom. The second-order valence-electron chi connectivity index (χ2n) is 5.51. The van der Waals surface area contributed by atoms with Crippen molar-refractivity contribution in [1.82, 2.24) is 4.31 Å². The molecule has 0 fully saturated rings. The number of nitrogens with zero attached hydrogens (tertiary/aromatic N) is 1. The molecule has 0 spiro atoms. The molecule has 21 heavy (non-hydrogen) atoms. The molecule has 118 valence electrons. The number of carboxylic acids is 1. The Bertz CT molecular complexity index is 626. The summed E-state index contributed by atoms with van der Waals surface area (Å²) in [5, 5.41) is 9.07. The number of halogens is 1. The topological polar surface area (TPSA) is 74.7 Å². The monoisotopic (exact) mass is 333 g/mol. The van der Waals surface area contributed by atoms with Crippen LogP contribution < -0.4 is 0 Å². The minimum atomic E-state index is -3.76. The number of sulfonamides is 1. The molecule has 7 heteroatoms. The van der Waals surface area contributed by atoms with Crippen molar-refractivity contribution in [3.8, 4) is 0 Å². The highest BCUT2D eigenvalue weighted by molar-refractivity contribution is 7.89. The first kappa shape index (κ1) is 17.9. The van der Waals surface area contributed by atoms with Gasteiger partial charge < -0.3 is 5.11 Å². The fourth-order valence-electron chi connectivity index (χ4n) is 1.91. The fraction of sp³-hybridized carbons (Fsp3) is 0.500. The van der Waals surface area contributed by atoms with Crippen molar-refractivity contribution in [3.05, 3.63) is 28.8 Å². The number of hydrogen-bond donors (Lipinski definition) is 1. The highest BCUT2D eigenvalue weighted by Gasteiger charge is 2.28. The van der Waals surface area contributed by atoms with Gasteiger partial charge in [-0.1, -0.05) is 25.4 Å². The third-order valence-corrected chi connectivity index (χ3v) is 5.26. The fourth-order valence-corrected chi connectivity index (χ4v) is 3.94. The second kappa shape index (κ2) is 6.77. The van der Waals surface area contributed by atoms with E-state index in [9.17, 15) is 13.2 Å². The van der Waals surface area contributed by atoms with Gasteiger partial charge in [-0.05, 0) is 38.0 Å². The van der Waals surface area contributed by atoms with E-state index in [0.29, 0.717) is 6.54 Å². The molecule has 1 rings (SSSR count). The molecule has 0 aromatic heterocycles. The first-order chi connectivity index (χ1) is 9.57. The SMILES string of the molecule is CC(C)CN(C(C)C)S(=O)(=O)c1ccc(Cl)c(C(=O)O)c1. The summed E-state index contributed by atoms with van der Waals surface area (Å²) < 4.78 is 26.7. The first-order valence-electron chi connectivity index (χ1n) is 6.62. The van der Waals surface area contributed by atoms with E-state index in [0.717, 1.165) is 6.07 Å². The molecule has 0 aliphatic heterocycles. The van der Waals surface area contributed by atoms with Crippen LogP contribution in [-0.4, -0.2) is 36.4 Å². The zero-order chi connectivity index (χ0) is 16.4. The van der Waals surface area contributed by atoms with E-state index < -0.39 is 16.0 Å². The lowest BCUT2D eigenvalue weighted by Crippen LogP contribution is -2.39. The van der Waals surface area contributed by atoms with Gasteiger partial charge in [0.05, 0.1) is 15.5 Å². The van der Waals surface area contributed by atoms with Crippen molar-refractivity contribution in [2.75, 3.05) is 6.54 Å². The van der Waals surface area contributed by atoms with Crippen molar-refractivity contribution < 1.29 is 18.3 Å². The van der Waals surface area contributed by atoms with Crippen LogP contribution in [0.2, 0.25) is 5.02 Å². The van der Waals surface area contributed by atoms with Gasteiger partial charge in [-0.25, -0.2) is 13.2 Å². The highest BCUT2D eigenvalue weighted by Crippen LogP contribution is 2.24. The van der Waals surface area contributed by atoms with Crippen molar-refractivity contribution in [1.29, 1.82) is 0 Å². The van der Waals surface area contributed by atoms with Gasteiger partial charge in [-0.2, -0.15) is 4.31 Å². The molecule has 1 N–H and O–H groups in total. The molecule has 0 amide bonds. The Morgan fingerprint density at radius 2 is 1.86 bits per heavy atom. The minimum absolute atomic E-state index is 0.0152. The number of hydrogen-bond acceptors (Lipinski definition) is 3. The molecule has 1 aromatic rings. The van der Waals surface area contributed by atoms with E-state index in [1.54, 1.807) is 13.8 Å². The summed E-state index contributed by atoms with van der Waals surface area (Å²) in [6, 6.07) is 3.52. The summed E-state index contributed by atoms with van der Waals surface area (Å²) in [6.07, 6.45) is 0. The average Bonchev–Trinajstić information content (AvgIpc) is 2.35. The van der Waals surface area contributed by atoms with Crippen LogP contribution in [-0.2, 0) is 10.0 Å². The van der Waals surface area contributed by atoms with Crippen LogP contribution in [0.3, 0.4) is 0 Å². The predicted octanol–water partition coefficient (Wildman–Crippen LogP) is 3.09. The van der Waals surface area contributed by atoms with Gasteiger partial charge in [0.1, 0.15) is 0 Å². The van der Waals surface area contributed by atoms with Crippen molar-refractivity contribution in [2.45, 2.75) is 38.6 Å². The highest BCUT2D eigenvalue weighted by atomic mass is 35.5. The molecule has 0 saturated carbocycles. The molecule has 0 saturated heterocycles. The maximum Gasteiger partial charge on any atom is 0.337 e. The zero-order valence-electron chi connectivity index (χ0n) is 12.5. The van der Waals surface area contributed by atoms with Gasteiger partial charge in [0, 0.05) is 12.6 Å². The lowest BCUT2D eigenvalue weighted by molar-refractivity contribution is 0.0697. The van der Waals surface area contributed by atoms with E-state index in [1.807, 2.05) is 13.8 Å². The Balaban J connectivity index is 3.35. The van der Waals surface area contributed by atoms with E-state index >= 15 is 0 Å². The zero-order valence-corrected chi connectivity index (χ0v) is 14.1. The smallest absolute Gasteiger partial charge is 0.337 e. The number of carboxylic acid groups (broad SMARTS) is 1. The van der Waals surface area contributed by atoms with E-state index in [1.165, 1.54) is 16.4 Å². The quantitative estimate of drug-likeness (QED) is 0.868. The van der Waals surface area contributed by atoms with Gasteiger partial charge in [0.25, 0.3) is 0 Å². The third-order valence-electron chi connectivity index (χ3n) is 2.90. The van der Waals surface area contributed by atoms with Crippen LogP contribution in [0.15, 0.2) is 23.1 Å². The molecule has 0 unspecified atom stereocenters. The van der Waals surface area contributed by atoms with Crippen LogP contribution in [0.4, 0.5) is 0 Å². The number of benzene rings is 1. The van der Waals surface area contributed by atoms with Crippen LogP contribution in [0, 0.1) is 5.92 Å². The summed E-state index contributed by atoms with van der Waals surface area (Å²) in [5.74, 6) is -1.09. The molecule has 0 aliphatic carbocycles. The van der Waals surface area contributed by atoms with Crippen LogP contribution in [0.1, 0.15) is 38.1 Å². The third kappa shape index (κ3) is 4.18. The molecule has 1 aromatic carbocycles. The summed E-state index contributed by atoms with van der Waals surface area (Å²) in [6.45, 7) is 7.79. The van der Waals surface area contributed by atoms with Crippen molar-refractivity contribution in [3.63, 3.8) is 0 Å². The Labute approximate surface area is 130 Å². The van der Waals surface area contributed by atoms with Crippen LogP contribution in [0.5, 0.6) is 0 Å². The summed E-state index contributed by atoms with van der Waals surface area (Å²) >= 11 is 5.78. The van der Waals surface area contributed by atoms with Gasteiger partial charge in [-0.15, -0.1) is 0 Å². The van der Waals surface area contributed by atoms with Crippen molar-refractivity contribution in [2.24, 2.45) is 5.92 Å². The van der Waals surface area contributed by atoms with E-state index in [-0.39, 0.29) is 27.4 Å². The maximum absolute atomic E-state index is 12.7. The molecule has 0 atom stereocenters. The number of aromatic carboxylic acids is 1. The molecule has 5 nitrogen and oxygen atoms in total. The molecule has 0 bridgehead atoms. The summed E-state index contributed by atoms with van der Waals surface area (Å²) in [5.41, 5.74) is -0.217. The predicted molar refractivity (Wildman–Crippen MR) is 82.3 cm³/mol. The van der Waals surface area contributed by atoms with Crippen LogP contribution >= 0.6 is 11.6 Å². The largest absolute Gasteiger partial charge is 0.478 e. The van der Waals surface area contributed by atoms with E-state index in [4.69, 9.17) is 16.7 Å². The Hall–Kier alpha value is -1.11. The number of carbonyl (C=O) groups is 1. The van der Waals surface area contributed by atoms with Crippen molar-refractivity contribution >= 4 is 27.6 Å². The maximum atomic E-state index is 12.7. The molecule has 0 radical (unpaired) electrons. The van der Waals surface area contributed by atoms with Gasteiger partial charge >= 0.3 is 5.97 Å². The Kier molecular flexibility index (Phi) is 5.78. The van der Waals surface area contributed by atoms with Gasteiger partial charge in [0.15, 0.2) is 0 Å². The average molecular weight is 334 g/mol. The normalized spacial score (nSPS) is 12.4. The molecular formula is C14H20ClNO4S. The molecule has 0 aliphatic rings. The second-order valence-corrected chi connectivity index (χ2v) is 7.81. The lowest BCUT2D eigenvalue weighted by atomic mass is 10.2. The minimum Gasteiger partial charge on any atom is -0.478 e. The number of rotatable bonds is 6. The Morgan fingerprint density at radius 3 is 2.29 bits per heavy atom. The summed E-state index contributed by atoms with van der Waals surface area (Å²) in [4.78, 5) is 11.0. The first-order valence-corrected chi connectivity index (χ1v) is 8.43. The van der Waals surface area contributed by atoms with E-state index in [2.05, 4.69) is 0 Å². The molecule has 0 heterocycles.